The highest BCUT2D eigenvalue weighted by molar-refractivity contribution is 5.71. The largest absolute Gasteiger partial charge is 0.462 e. The lowest BCUT2D eigenvalue weighted by Gasteiger charge is -2.18. The molecule has 0 spiro atoms. The third-order valence-corrected chi connectivity index (χ3v) is 15.1. The third-order valence-electron chi connectivity index (χ3n) is 15.1. The Kier molecular flexibility index (Phi) is 65.7. The molecule has 0 aromatic heterocycles. The van der Waals surface area contributed by atoms with Crippen molar-refractivity contribution in [1.82, 2.24) is 0 Å². The number of rotatable bonds is 63. The second-order valence-electron chi connectivity index (χ2n) is 23.0. The highest BCUT2D eigenvalue weighted by Crippen LogP contribution is 2.18. The molecule has 0 aromatic carbocycles. The van der Waals surface area contributed by atoms with E-state index in [0.717, 1.165) is 122 Å². The van der Waals surface area contributed by atoms with Gasteiger partial charge in [0.25, 0.3) is 0 Å². The molecule has 0 amide bonds. The van der Waals surface area contributed by atoms with Crippen LogP contribution in [0.25, 0.3) is 0 Å². The van der Waals surface area contributed by atoms with Crippen molar-refractivity contribution in [2.24, 2.45) is 0 Å². The van der Waals surface area contributed by atoms with Crippen molar-refractivity contribution in [2.45, 2.75) is 348 Å². The molecule has 1 unspecified atom stereocenters. The number of esters is 3. The second kappa shape index (κ2) is 68.8. The molecule has 0 aliphatic heterocycles. The molecule has 6 nitrogen and oxygen atoms in total. The van der Waals surface area contributed by atoms with Crippen LogP contribution in [-0.4, -0.2) is 37.2 Å². The lowest BCUT2D eigenvalue weighted by atomic mass is 10.0. The fraction of sp³-hybridized carbons (Fsp3) is 0.747. The number of carbonyl (C=O) groups excluding carboxylic acids is 3. The first kappa shape index (κ1) is 77.3. The van der Waals surface area contributed by atoms with Crippen LogP contribution in [0, 0.1) is 0 Å². The fourth-order valence-corrected chi connectivity index (χ4v) is 9.96. The molecule has 0 saturated carbocycles. The zero-order valence-corrected chi connectivity index (χ0v) is 53.5. The van der Waals surface area contributed by atoms with Gasteiger partial charge in [0.05, 0.1) is 0 Å². The van der Waals surface area contributed by atoms with Gasteiger partial charge in [0, 0.05) is 19.3 Å². The van der Waals surface area contributed by atoms with Gasteiger partial charge >= 0.3 is 17.9 Å². The third kappa shape index (κ3) is 67.0. The summed E-state index contributed by atoms with van der Waals surface area (Å²) in [5, 5.41) is 0. The van der Waals surface area contributed by atoms with Gasteiger partial charge in [-0.2, -0.15) is 0 Å². The van der Waals surface area contributed by atoms with Crippen molar-refractivity contribution in [3.8, 4) is 0 Å². The summed E-state index contributed by atoms with van der Waals surface area (Å²) in [6, 6.07) is 0. The Balaban J connectivity index is 4.23. The summed E-state index contributed by atoms with van der Waals surface area (Å²) < 4.78 is 17.0. The van der Waals surface area contributed by atoms with Crippen LogP contribution in [0.3, 0.4) is 0 Å². The van der Waals surface area contributed by atoms with E-state index in [9.17, 15) is 14.4 Å². The number of allylic oxidation sites excluding steroid dienone is 16. The average molecular weight is 1130 g/mol. The van der Waals surface area contributed by atoms with Crippen molar-refractivity contribution in [1.29, 1.82) is 0 Å². The first-order chi connectivity index (χ1) is 40.0. The summed E-state index contributed by atoms with van der Waals surface area (Å²) in [6.07, 6.45) is 92.9. The Hall–Kier alpha value is -3.67. The Bertz CT molecular complexity index is 1580. The quantitative estimate of drug-likeness (QED) is 0.0261. The van der Waals surface area contributed by atoms with Gasteiger partial charge in [-0.15, -0.1) is 0 Å². The SMILES string of the molecule is CC/C=C\C/C=C\C/C=C\C/C=C\CCCCCCCCCCCCCCCCCCCCC(=O)OCC(COC(=O)CCCCCCCCCCCCCCCCC)OC(=O)CCCCCC/C=C\C/C=C\C/C=C\C/C=C\CC. The number of hydrogen-bond donors (Lipinski definition) is 0. The summed E-state index contributed by atoms with van der Waals surface area (Å²) in [5.74, 6) is -0.888. The number of hydrogen-bond acceptors (Lipinski definition) is 6. The van der Waals surface area contributed by atoms with Gasteiger partial charge in [-0.05, 0) is 96.3 Å². The molecular weight excluding hydrogens is 997 g/mol. The van der Waals surface area contributed by atoms with Crippen LogP contribution in [0.5, 0.6) is 0 Å². The zero-order valence-electron chi connectivity index (χ0n) is 53.5. The van der Waals surface area contributed by atoms with Crippen molar-refractivity contribution in [3.63, 3.8) is 0 Å². The van der Waals surface area contributed by atoms with Crippen LogP contribution in [0.4, 0.5) is 0 Å². The predicted octanol–water partition coefficient (Wildman–Crippen LogP) is 24.0. The van der Waals surface area contributed by atoms with Crippen LogP contribution in [0.2, 0.25) is 0 Å². The van der Waals surface area contributed by atoms with Crippen LogP contribution in [-0.2, 0) is 28.6 Å². The first-order valence-corrected chi connectivity index (χ1v) is 34.7. The Morgan fingerprint density at radius 2 is 0.481 bits per heavy atom. The maximum absolute atomic E-state index is 12.9. The van der Waals surface area contributed by atoms with E-state index in [1.165, 1.54) is 180 Å². The first-order valence-electron chi connectivity index (χ1n) is 34.7. The monoisotopic (exact) mass is 1130 g/mol. The molecule has 0 rings (SSSR count). The molecule has 0 bridgehead atoms. The van der Waals surface area contributed by atoms with E-state index in [-0.39, 0.29) is 31.1 Å². The normalized spacial score (nSPS) is 12.7. The van der Waals surface area contributed by atoms with Gasteiger partial charge in [-0.25, -0.2) is 0 Å². The van der Waals surface area contributed by atoms with Crippen molar-refractivity contribution >= 4 is 17.9 Å². The van der Waals surface area contributed by atoms with Gasteiger partial charge in [0.1, 0.15) is 13.2 Å². The minimum Gasteiger partial charge on any atom is -0.462 e. The molecule has 0 saturated heterocycles. The topological polar surface area (TPSA) is 78.9 Å². The highest BCUT2D eigenvalue weighted by atomic mass is 16.6. The predicted molar refractivity (Wildman–Crippen MR) is 353 cm³/mol. The molecule has 81 heavy (non-hydrogen) atoms. The lowest BCUT2D eigenvalue weighted by molar-refractivity contribution is -0.167. The second-order valence-corrected chi connectivity index (χ2v) is 23.0. The van der Waals surface area contributed by atoms with E-state index in [1.807, 2.05) is 0 Å². The molecule has 0 aliphatic carbocycles. The summed E-state index contributed by atoms with van der Waals surface area (Å²) in [5.41, 5.74) is 0. The molecule has 0 fully saturated rings. The van der Waals surface area contributed by atoms with E-state index in [4.69, 9.17) is 14.2 Å². The smallest absolute Gasteiger partial charge is 0.306 e. The lowest BCUT2D eigenvalue weighted by Crippen LogP contribution is -2.30. The molecule has 0 aromatic rings. The molecule has 466 valence electrons. The van der Waals surface area contributed by atoms with Crippen LogP contribution < -0.4 is 0 Å². The zero-order chi connectivity index (χ0) is 58.5. The Morgan fingerprint density at radius 3 is 0.753 bits per heavy atom. The number of carbonyl (C=O) groups is 3. The van der Waals surface area contributed by atoms with Crippen molar-refractivity contribution < 1.29 is 28.6 Å². The minimum absolute atomic E-state index is 0.0826. The average Bonchev–Trinajstić information content (AvgIpc) is 3.47. The number of ether oxygens (including phenoxy) is 3. The van der Waals surface area contributed by atoms with E-state index in [1.54, 1.807) is 0 Å². The van der Waals surface area contributed by atoms with Gasteiger partial charge < -0.3 is 14.2 Å². The molecule has 0 N–H and O–H groups in total. The van der Waals surface area contributed by atoms with Crippen LogP contribution in [0.15, 0.2) is 97.2 Å². The molecule has 0 aliphatic rings. The van der Waals surface area contributed by atoms with Crippen molar-refractivity contribution in [3.05, 3.63) is 97.2 Å². The fourth-order valence-electron chi connectivity index (χ4n) is 9.96. The van der Waals surface area contributed by atoms with E-state index in [0.29, 0.717) is 19.3 Å². The molecule has 1 atom stereocenters. The molecule has 0 heterocycles. The summed E-state index contributed by atoms with van der Waals surface area (Å²) in [6.45, 7) is 6.44. The maximum atomic E-state index is 12.9. The standard InChI is InChI=1S/C75H130O6/c1-4-7-10-13-16-19-22-25-28-30-31-32-33-34-35-36-37-38-39-40-41-42-43-45-47-50-53-56-59-62-65-68-74(77)80-71-72(70-79-73(76)67-64-61-58-55-52-49-46-27-24-21-18-15-12-9-6-3)81-75(78)69-66-63-60-57-54-51-48-44-29-26-23-20-17-14-11-8-5-2/h7-8,10-11,16-17,19-20,25-26,28-29,31-32,48,51,72H,4-6,9,12-15,18,21-24,27,30,33-47,49-50,52-71H2,1-3H3/b10-7-,11-8-,19-16-,20-17-,28-25-,29-26-,32-31-,51-48-. The van der Waals surface area contributed by atoms with Gasteiger partial charge in [-0.1, -0.05) is 323 Å². The maximum Gasteiger partial charge on any atom is 0.306 e. The highest BCUT2D eigenvalue weighted by Gasteiger charge is 2.19. The molecule has 6 heteroatoms. The minimum atomic E-state index is -0.789. The Labute approximate surface area is 502 Å². The summed E-state index contributed by atoms with van der Waals surface area (Å²) >= 11 is 0. The van der Waals surface area contributed by atoms with E-state index < -0.39 is 6.10 Å². The summed E-state index contributed by atoms with van der Waals surface area (Å²) in [7, 11) is 0. The molecular formula is C75H130O6. The Morgan fingerprint density at radius 1 is 0.259 bits per heavy atom. The number of unbranched alkanes of at least 4 members (excludes halogenated alkanes) is 36. The van der Waals surface area contributed by atoms with E-state index in [2.05, 4.69) is 118 Å². The van der Waals surface area contributed by atoms with E-state index >= 15 is 0 Å². The molecule has 0 radical (unpaired) electrons. The van der Waals surface area contributed by atoms with Crippen LogP contribution >= 0.6 is 0 Å². The van der Waals surface area contributed by atoms with Gasteiger partial charge in [0.15, 0.2) is 6.10 Å². The van der Waals surface area contributed by atoms with Gasteiger partial charge in [-0.3, -0.25) is 14.4 Å². The van der Waals surface area contributed by atoms with Crippen molar-refractivity contribution in [2.75, 3.05) is 13.2 Å². The van der Waals surface area contributed by atoms with Gasteiger partial charge in [0.2, 0.25) is 0 Å². The van der Waals surface area contributed by atoms with Crippen LogP contribution in [0.1, 0.15) is 342 Å². The summed E-state index contributed by atoms with van der Waals surface area (Å²) in [4.78, 5) is 38.4.